The van der Waals surface area contributed by atoms with Gasteiger partial charge in [-0.1, -0.05) is 38.1 Å². The Morgan fingerprint density at radius 1 is 0.541 bits per heavy atom. The summed E-state index contributed by atoms with van der Waals surface area (Å²) in [6.45, 7) is 23.0. The largest absolute Gasteiger partial charge is 0.496 e. The molecule has 0 unspecified atom stereocenters. The van der Waals surface area contributed by atoms with Crippen LogP contribution in [0.2, 0.25) is 0 Å². The van der Waals surface area contributed by atoms with E-state index in [2.05, 4.69) is 23.6 Å². The second kappa shape index (κ2) is 22.9. The molecular weight excluding hydrogens is 937 g/mol. The van der Waals surface area contributed by atoms with Crippen LogP contribution in [0.3, 0.4) is 0 Å². The van der Waals surface area contributed by atoms with Crippen molar-refractivity contribution in [3.05, 3.63) is 130 Å². The third-order valence-corrected chi connectivity index (χ3v) is 14.2. The van der Waals surface area contributed by atoms with E-state index in [9.17, 15) is 19.2 Å². The van der Waals surface area contributed by atoms with Crippen molar-refractivity contribution < 1.29 is 47.6 Å². The molecule has 4 heterocycles. The number of nitrogens with zero attached hydrogens (tertiary/aromatic N) is 4. The maximum Gasteiger partial charge on any atom is 0.419 e. The van der Waals surface area contributed by atoms with E-state index in [0.717, 1.165) is 94.3 Å². The summed E-state index contributed by atoms with van der Waals surface area (Å²) in [7, 11) is 6.17. The van der Waals surface area contributed by atoms with Crippen LogP contribution < -0.4 is 9.47 Å². The number of carbonyl (C=O) groups is 4. The molecule has 396 valence electrons. The third-order valence-electron chi connectivity index (χ3n) is 14.2. The minimum atomic E-state index is -0.585. The average Bonchev–Trinajstić information content (AvgIpc) is 4.03. The molecule has 14 nitrogen and oxygen atoms in total. The van der Waals surface area contributed by atoms with Crippen LogP contribution in [0.25, 0.3) is 21.8 Å². The first-order valence-corrected chi connectivity index (χ1v) is 25.7. The lowest BCUT2D eigenvalue weighted by Gasteiger charge is -2.39. The molecule has 14 heteroatoms. The number of aryl methyl sites for hydroxylation is 2. The molecule has 2 aliphatic rings. The first kappa shape index (κ1) is 55.1. The number of fused-ring (bicyclic) bond motifs is 2. The first-order valence-electron chi connectivity index (χ1n) is 25.7. The lowest BCUT2D eigenvalue weighted by molar-refractivity contribution is 0.0533. The van der Waals surface area contributed by atoms with Gasteiger partial charge in [-0.25, -0.2) is 19.2 Å². The van der Waals surface area contributed by atoms with Crippen molar-refractivity contribution in [2.75, 3.05) is 41.5 Å². The number of hydrogen-bond donors (Lipinski definition) is 0. The van der Waals surface area contributed by atoms with Crippen molar-refractivity contribution in [2.45, 2.75) is 131 Å². The van der Waals surface area contributed by atoms with Gasteiger partial charge in [0, 0.05) is 59.5 Å². The fourth-order valence-corrected chi connectivity index (χ4v) is 10.5. The van der Waals surface area contributed by atoms with E-state index in [1.54, 1.807) is 35.7 Å². The molecule has 4 aromatic carbocycles. The summed E-state index contributed by atoms with van der Waals surface area (Å²) >= 11 is 0. The molecule has 0 aliphatic carbocycles. The van der Waals surface area contributed by atoms with Crippen LogP contribution in [-0.4, -0.2) is 95.8 Å². The number of likely N-dealkylation sites (tertiary alicyclic amines) is 2. The zero-order chi connectivity index (χ0) is 53.8. The van der Waals surface area contributed by atoms with Crippen LogP contribution in [-0.2, 0) is 32.0 Å². The van der Waals surface area contributed by atoms with Crippen molar-refractivity contribution in [3.63, 3.8) is 0 Å². The predicted molar refractivity (Wildman–Crippen MR) is 288 cm³/mol. The molecular formula is C60H76N4O10. The van der Waals surface area contributed by atoms with E-state index < -0.39 is 23.4 Å². The number of carbonyl (C=O) groups excluding carboxylic acids is 4. The second-order valence-corrected chi connectivity index (χ2v) is 22.1. The minimum absolute atomic E-state index is 0.199. The van der Waals surface area contributed by atoms with Crippen LogP contribution in [0.1, 0.15) is 147 Å². The van der Waals surface area contributed by atoms with Crippen molar-refractivity contribution in [3.8, 4) is 11.5 Å². The van der Waals surface area contributed by atoms with Gasteiger partial charge in [-0.15, -0.1) is 0 Å². The van der Waals surface area contributed by atoms with E-state index in [1.807, 2.05) is 128 Å². The molecule has 6 aromatic rings. The van der Waals surface area contributed by atoms with Crippen molar-refractivity contribution in [1.29, 1.82) is 0 Å². The van der Waals surface area contributed by atoms with Gasteiger partial charge in [0.05, 0.1) is 50.6 Å². The number of aromatic nitrogens is 2. The van der Waals surface area contributed by atoms with E-state index >= 15 is 0 Å². The summed E-state index contributed by atoms with van der Waals surface area (Å²) < 4.78 is 35.9. The summed E-state index contributed by atoms with van der Waals surface area (Å²) in [6, 6.07) is 23.8. The van der Waals surface area contributed by atoms with E-state index in [-0.39, 0.29) is 24.0 Å². The highest BCUT2D eigenvalue weighted by molar-refractivity contribution is 5.96. The maximum atomic E-state index is 13.0. The fourth-order valence-electron chi connectivity index (χ4n) is 10.5. The zero-order valence-corrected chi connectivity index (χ0v) is 45.9. The van der Waals surface area contributed by atoms with Gasteiger partial charge in [-0.05, 0) is 177 Å². The average molecular weight is 1010 g/mol. The standard InChI is InChI=1S/2C30H38N2O5/c2*1-19-12-14-31(25(16-19)21-8-10-22(11-9-21)28(33)36-7)18-24-23-13-15-32(29(34)37-30(3,4)5)27(23)20(2)17-26(24)35-6/h2*8-11,13,15,17,19,25H,12,14,16,18H2,1-7H3/t2*19-,25+/m10/s1. The smallest absolute Gasteiger partial charge is 0.419 e. The SMILES string of the molecule is COC(=O)c1ccc([C@@H]2C[C@H](C)CCN2Cc2c(OC)cc(C)c3c2ccn3C(=O)OC(C)(C)C)cc1.COC(=O)c1ccc([C@H]2C[C@@H](C)CCN2Cc2c(OC)cc(C)c3c2ccn3C(=O)OC(C)(C)C)cc1. The number of ether oxygens (including phenoxy) is 6. The molecule has 0 N–H and O–H groups in total. The summed E-state index contributed by atoms with van der Waals surface area (Å²) in [5.74, 6) is 2.14. The van der Waals surface area contributed by atoms with Crippen LogP contribution in [0.15, 0.2) is 85.2 Å². The van der Waals surface area contributed by atoms with E-state index in [1.165, 1.54) is 25.3 Å². The highest BCUT2D eigenvalue weighted by atomic mass is 16.6. The number of hydrogen-bond acceptors (Lipinski definition) is 12. The summed E-state index contributed by atoms with van der Waals surface area (Å²) in [5, 5.41) is 1.97. The molecule has 0 amide bonds. The summed E-state index contributed by atoms with van der Waals surface area (Å²) in [5.41, 5.74) is 7.97. The lowest BCUT2D eigenvalue weighted by Crippen LogP contribution is -2.36. The number of rotatable bonds is 10. The quantitative estimate of drug-likeness (QED) is 0.0953. The number of piperidine rings is 2. The molecule has 0 bridgehead atoms. The molecule has 2 aliphatic heterocycles. The Balaban J connectivity index is 0.000000216. The van der Waals surface area contributed by atoms with Gasteiger partial charge >= 0.3 is 24.1 Å². The molecule has 4 atom stereocenters. The van der Waals surface area contributed by atoms with Crippen LogP contribution in [0.5, 0.6) is 11.5 Å². The van der Waals surface area contributed by atoms with Crippen molar-refractivity contribution >= 4 is 45.9 Å². The number of esters is 2. The first-order chi connectivity index (χ1) is 35.0. The van der Waals surface area contributed by atoms with Gasteiger partial charge < -0.3 is 28.4 Å². The second-order valence-electron chi connectivity index (χ2n) is 22.1. The van der Waals surface area contributed by atoms with Crippen LogP contribution in [0.4, 0.5) is 9.59 Å². The zero-order valence-electron chi connectivity index (χ0n) is 45.9. The topological polar surface area (TPSA) is 140 Å². The molecule has 2 aromatic heterocycles. The molecule has 0 saturated carbocycles. The van der Waals surface area contributed by atoms with E-state index in [0.29, 0.717) is 36.1 Å². The van der Waals surface area contributed by atoms with Gasteiger partial charge in [0.15, 0.2) is 0 Å². The van der Waals surface area contributed by atoms with Crippen molar-refractivity contribution in [2.24, 2.45) is 11.8 Å². The van der Waals surface area contributed by atoms with Gasteiger partial charge in [-0.2, -0.15) is 0 Å². The van der Waals surface area contributed by atoms with Crippen LogP contribution in [0, 0.1) is 25.7 Å². The van der Waals surface area contributed by atoms with E-state index in [4.69, 9.17) is 28.4 Å². The molecule has 74 heavy (non-hydrogen) atoms. The molecule has 8 rings (SSSR count). The van der Waals surface area contributed by atoms with Gasteiger partial charge in [0.25, 0.3) is 0 Å². The number of methoxy groups -OCH3 is 4. The number of benzene rings is 4. The predicted octanol–water partition coefficient (Wildman–Crippen LogP) is 13.0. The molecule has 2 fully saturated rings. The van der Waals surface area contributed by atoms with Gasteiger partial charge in [0.1, 0.15) is 22.7 Å². The Morgan fingerprint density at radius 2 is 0.892 bits per heavy atom. The van der Waals surface area contributed by atoms with Crippen molar-refractivity contribution in [1.82, 2.24) is 18.9 Å². The molecule has 0 radical (unpaired) electrons. The highest BCUT2D eigenvalue weighted by Gasteiger charge is 2.32. The Morgan fingerprint density at radius 3 is 1.20 bits per heavy atom. The Kier molecular flexibility index (Phi) is 17.0. The summed E-state index contributed by atoms with van der Waals surface area (Å²) in [4.78, 5) is 54.8. The molecule has 0 spiro atoms. The third kappa shape index (κ3) is 12.5. The lowest BCUT2D eigenvalue weighted by atomic mass is 9.87. The van der Waals surface area contributed by atoms with Gasteiger partial charge in [0.2, 0.25) is 0 Å². The minimum Gasteiger partial charge on any atom is -0.496 e. The summed E-state index contributed by atoms with van der Waals surface area (Å²) in [6.07, 6.45) is 7.04. The Hall–Kier alpha value is -6.64. The maximum absolute atomic E-state index is 13.0. The normalized spacial score (nSPS) is 18.6. The Bertz CT molecular complexity index is 2770. The molecule has 2 saturated heterocycles. The fraction of sp³-hybridized carbons (Fsp3) is 0.467. The highest BCUT2D eigenvalue weighted by Crippen LogP contribution is 2.41. The van der Waals surface area contributed by atoms with Gasteiger partial charge in [-0.3, -0.25) is 18.9 Å². The monoisotopic (exact) mass is 1010 g/mol. The Labute approximate surface area is 436 Å². The van der Waals surface area contributed by atoms with Crippen LogP contribution >= 0.6 is 0 Å².